The van der Waals surface area contributed by atoms with Gasteiger partial charge in [-0.2, -0.15) is 0 Å². The largest absolute Gasteiger partial charge is 0.459 e. The number of carbonyl (C=O) groups excluding carboxylic acids is 3. The molecule has 1 saturated heterocycles. The second kappa shape index (κ2) is 11.9. The SMILES string of the molecule is O=C(OC[C@H]1O[C@@H](F)[C@@H](Br)[C@@H](OC(=O)c2ccccc2)[C@H]1OC(=O)c1ccccc1)c1ccccc1. The zero-order valence-corrected chi connectivity index (χ0v) is 20.5. The van der Waals surface area contributed by atoms with E-state index in [-0.39, 0.29) is 16.7 Å². The number of hydrogen-bond donors (Lipinski definition) is 0. The minimum absolute atomic E-state index is 0.235. The summed E-state index contributed by atoms with van der Waals surface area (Å²) >= 11 is 3.18. The van der Waals surface area contributed by atoms with Crippen LogP contribution in [0.15, 0.2) is 91.0 Å². The number of rotatable bonds is 7. The molecule has 0 spiro atoms. The van der Waals surface area contributed by atoms with E-state index in [2.05, 4.69) is 15.9 Å². The van der Waals surface area contributed by atoms with Gasteiger partial charge in [0.05, 0.1) is 16.7 Å². The maximum absolute atomic E-state index is 14.9. The van der Waals surface area contributed by atoms with Gasteiger partial charge < -0.3 is 18.9 Å². The first-order valence-electron chi connectivity index (χ1n) is 11.1. The third-order valence-electron chi connectivity index (χ3n) is 5.45. The van der Waals surface area contributed by atoms with Crippen molar-refractivity contribution < 1.29 is 37.7 Å². The summed E-state index contributed by atoms with van der Waals surface area (Å²) in [6, 6.07) is 24.5. The Bertz CT molecular complexity index is 1180. The van der Waals surface area contributed by atoms with Gasteiger partial charge in [-0.1, -0.05) is 70.5 Å². The van der Waals surface area contributed by atoms with Crippen LogP contribution in [0.3, 0.4) is 0 Å². The van der Waals surface area contributed by atoms with E-state index in [0.717, 1.165) is 0 Å². The van der Waals surface area contributed by atoms with Crippen LogP contribution in [0.5, 0.6) is 0 Å². The van der Waals surface area contributed by atoms with Gasteiger partial charge >= 0.3 is 17.9 Å². The number of alkyl halides is 2. The smallest absolute Gasteiger partial charge is 0.338 e. The number of carbonyl (C=O) groups is 3. The minimum Gasteiger partial charge on any atom is -0.459 e. The van der Waals surface area contributed by atoms with Crippen LogP contribution >= 0.6 is 15.9 Å². The van der Waals surface area contributed by atoms with E-state index < -0.39 is 54.0 Å². The van der Waals surface area contributed by atoms with E-state index in [1.54, 1.807) is 91.0 Å². The van der Waals surface area contributed by atoms with Gasteiger partial charge in [0.2, 0.25) is 6.36 Å². The van der Waals surface area contributed by atoms with E-state index >= 15 is 0 Å². The molecule has 5 atom stereocenters. The zero-order valence-electron chi connectivity index (χ0n) is 18.9. The minimum atomic E-state index is -1.94. The van der Waals surface area contributed by atoms with Gasteiger partial charge in [0, 0.05) is 0 Å². The highest BCUT2D eigenvalue weighted by atomic mass is 79.9. The molecule has 36 heavy (non-hydrogen) atoms. The van der Waals surface area contributed by atoms with E-state index in [1.807, 2.05) is 0 Å². The molecule has 0 unspecified atom stereocenters. The van der Waals surface area contributed by atoms with E-state index in [0.29, 0.717) is 0 Å². The van der Waals surface area contributed by atoms with Crippen LogP contribution in [0, 0.1) is 0 Å². The summed E-state index contributed by atoms with van der Waals surface area (Å²) in [6.07, 6.45) is -5.76. The second-order valence-electron chi connectivity index (χ2n) is 7.91. The predicted octanol–water partition coefficient (Wildman–Crippen LogP) is 4.75. The Hall–Kier alpha value is -3.56. The molecule has 0 radical (unpaired) electrons. The van der Waals surface area contributed by atoms with Crippen LogP contribution in [-0.2, 0) is 18.9 Å². The summed E-state index contributed by atoms with van der Waals surface area (Å²) in [7, 11) is 0. The highest BCUT2D eigenvalue weighted by molar-refractivity contribution is 9.09. The van der Waals surface area contributed by atoms with Crippen molar-refractivity contribution in [3.8, 4) is 0 Å². The first kappa shape index (κ1) is 25.5. The standard InChI is InChI=1S/C27H22BrFO7/c28-21-23(36-27(32)19-14-8-3-9-15-19)22(35-26(31)18-12-6-2-7-13-18)20(34-24(21)29)16-33-25(30)17-10-4-1-5-11-17/h1-15,20-24H,16H2/t20-,21+,22+,23-,24-/m1/s1. The Morgan fingerprint density at radius 1 is 0.694 bits per heavy atom. The topological polar surface area (TPSA) is 88.1 Å². The normalized spacial score (nSPS) is 23.3. The summed E-state index contributed by atoms with van der Waals surface area (Å²) in [5, 5.41) is 0. The summed E-state index contributed by atoms with van der Waals surface area (Å²) in [5.41, 5.74) is 0.756. The van der Waals surface area contributed by atoms with Crippen LogP contribution in [0.25, 0.3) is 0 Å². The third kappa shape index (κ3) is 6.16. The average molecular weight is 557 g/mol. The summed E-state index contributed by atoms with van der Waals surface area (Å²) in [6.45, 7) is -0.444. The lowest BCUT2D eigenvalue weighted by Crippen LogP contribution is -2.58. The van der Waals surface area contributed by atoms with Crippen molar-refractivity contribution in [2.75, 3.05) is 6.61 Å². The molecule has 0 N–H and O–H groups in total. The van der Waals surface area contributed by atoms with Gasteiger partial charge in [-0.25, -0.2) is 18.8 Å². The first-order chi connectivity index (χ1) is 17.4. The van der Waals surface area contributed by atoms with Crippen LogP contribution < -0.4 is 0 Å². The van der Waals surface area contributed by atoms with Crippen molar-refractivity contribution in [1.29, 1.82) is 0 Å². The van der Waals surface area contributed by atoms with Crippen molar-refractivity contribution in [2.45, 2.75) is 29.5 Å². The lowest BCUT2D eigenvalue weighted by atomic mass is 10.0. The third-order valence-corrected chi connectivity index (χ3v) is 6.39. The Balaban J connectivity index is 1.57. The molecule has 3 aromatic rings. The highest BCUT2D eigenvalue weighted by Gasteiger charge is 2.50. The Kier molecular flexibility index (Phi) is 8.45. The monoisotopic (exact) mass is 556 g/mol. The van der Waals surface area contributed by atoms with Crippen LogP contribution in [0.4, 0.5) is 4.39 Å². The maximum Gasteiger partial charge on any atom is 0.338 e. The molecule has 0 aromatic heterocycles. The van der Waals surface area contributed by atoms with Crippen molar-refractivity contribution in [3.05, 3.63) is 108 Å². The summed E-state index contributed by atoms with van der Waals surface area (Å²) < 4.78 is 36.9. The van der Waals surface area contributed by atoms with Gasteiger partial charge in [0.15, 0.2) is 12.2 Å². The molecule has 9 heteroatoms. The molecule has 0 aliphatic carbocycles. The number of ether oxygens (including phenoxy) is 4. The molecule has 7 nitrogen and oxygen atoms in total. The molecule has 0 bridgehead atoms. The van der Waals surface area contributed by atoms with Crippen LogP contribution in [-0.4, -0.2) is 54.0 Å². The lowest BCUT2D eigenvalue weighted by Gasteiger charge is -2.40. The van der Waals surface area contributed by atoms with Crippen molar-refractivity contribution in [2.24, 2.45) is 0 Å². The number of benzene rings is 3. The first-order valence-corrected chi connectivity index (χ1v) is 12.0. The lowest BCUT2D eigenvalue weighted by molar-refractivity contribution is -0.209. The number of hydrogen-bond acceptors (Lipinski definition) is 7. The van der Waals surface area contributed by atoms with Gasteiger partial charge in [-0.05, 0) is 36.4 Å². The van der Waals surface area contributed by atoms with Crippen molar-refractivity contribution >= 4 is 33.8 Å². The molecular formula is C27H22BrFO7. The van der Waals surface area contributed by atoms with Gasteiger partial charge in [-0.15, -0.1) is 0 Å². The van der Waals surface area contributed by atoms with Gasteiger partial charge in [0.25, 0.3) is 0 Å². The fourth-order valence-electron chi connectivity index (χ4n) is 3.62. The molecule has 3 aromatic carbocycles. The quantitative estimate of drug-likeness (QED) is 0.235. The fourth-order valence-corrected chi connectivity index (χ4v) is 4.15. The van der Waals surface area contributed by atoms with Crippen LogP contribution in [0.1, 0.15) is 31.1 Å². The number of esters is 3. The van der Waals surface area contributed by atoms with Crippen LogP contribution in [0.2, 0.25) is 0 Å². The van der Waals surface area contributed by atoms with E-state index in [9.17, 15) is 18.8 Å². The fraction of sp³-hybridized carbons (Fsp3) is 0.222. The molecule has 1 aliphatic heterocycles. The Morgan fingerprint density at radius 3 is 1.58 bits per heavy atom. The predicted molar refractivity (Wildman–Crippen MR) is 130 cm³/mol. The summed E-state index contributed by atoms with van der Waals surface area (Å²) in [5.74, 6) is -2.14. The van der Waals surface area contributed by atoms with E-state index in [4.69, 9.17) is 18.9 Å². The highest BCUT2D eigenvalue weighted by Crippen LogP contribution is 2.33. The maximum atomic E-state index is 14.9. The van der Waals surface area contributed by atoms with Crippen molar-refractivity contribution in [1.82, 2.24) is 0 Å². The Morgan fingerprint density at radius 2 is 1.11 bits per heavy atom. The molecule has 1 fully saturated rings. The average Bonchev–Trinajstić information content (AvgIpc) is 2.92. The van der Waals surface area contributed by atoms with Crippen molar-refractivity contribution in [3.63, 3.8) is 0 Å². The zero-order chi connectivity index (χ0) is 25.5. The molecule has 0 amide bonds. The number of halogens is 2. The molecule has 186 valence electrons. The van der Waals surface area contributed by atoms with E-state index in [1.165, 1.54) is 0 Å². The Labute approximate surface area is 215 Å². The summed E-state index contributed by atoms with van der Waals surface area (Å²) in [4.78, 5) is 37.0. The molecular weight excluding hydrogens is 535 g/mol. The second-order valence-corrected chi connectivity index (χ2v) is 8.96. The molecule has 1 heterocycles. The molecule has 0 saturated carbocycles. The van der Waals surface area contributed by atoms with Gasteiger partial charge in [0.1, 0.15) is 17.5 Å². The molecule has 4 rings (SSSR count). The molecule has 1 aliphatic rings. The van der Waals surface area contributed by atoms with Gasteiger partial charge in [-0.3, -0.25) is 0 Å².